The summed E-state index contributed by atoms with van der Waals surface area (Å²) in [6.45, 7) is 1.63. The molecule has 0 fully saturated rings. The van der Waals surface area contributed by atoms with E-state index in [-0.39, 0.29) is 12.1 Å². The van der Waals surface area contributed by atoms with Gasteiger partial charge in [-0.05, 0) is 36.2 Å². The molecule has 0 saturated heterocycles. The van der Waals surface area contributed by atoms with Crippen LogP contribution in [-0.2, 0) is 12.8 Å². The van der Waals surface area contributed by atoms with Crippen LogP contribution in [0.5, 0.6) is 11.5 Å². The van der Waals surface area contributed by atoms with Crippen molar-refractivity contribution in [2.75, 3.05) is 32.2 Å². The maximum Gasteiger partial charge on any atom is 0.261 e. The predicted octanol–water partition coefficient (Wildman–Crippen LogP) is 5.67. The highest BCUT2D eigenvalue weighted by Gasteiger charge is 2.46. The van der Waals surface area contributed by atoms with Gasteiger partial charge in [-0.2, -0.15) is 0 Å². The highest BCUT2D eigenvalue weighted by Crippen LogP contribution is 2.47. The largest absolute Gasteiger partial charge is 0.493 e. The first-order chi connectivity index (χ1) is 17.6. The Balaban J connectivity index is 1.49. The summed E-state index contributed by atoms with van der Waals surface area (Å²) < 4.78 is 11.0. The number of rotatable bonds is 6. The molecule has 6 rings (SSSR count). The molecule has 182 valence electrons. The molecular weight excluding hydrogens is 474 g/mol. The smallest absolute Gasteiger partial charge is 0.261 e. The zero-order valence-electron chi connectivity index (χ0n) is 20.2. The van der Waals surface area contributed by atoms with Crippen LogP contribution in [0.2, 0.25) is 5.02 Å². The fourth-order valence-corrected chi connectivity index (χ4v) is 5.63. The molecule has 3 aromatic carbocycles. The second-order valence-corrected chi connectivity index (χ2v) is 9.55. The Morgan fingerprint density at radius 1 is 1.00 bits per heavy atom. The van der Waals surface area contributed by atoms with Gasteiger partial charge in [-0.1, -0.05) is 48.0 Å². The summed E-state index contributed by atoms with van der Waals surface area (Å²) in [5, 5.41) is 1.45. The molecule has 2 aliphatic heterocycles. The highest BCUT2D eigenvalue weighted by atomic mass is 35.5. The van der Waals surface area contributed by atoms with Crippen molar-refractivity contribution in [2.45, 2.75) is 19.0 Å². The number of nitrogens with zero attached hydrogens (tertiary/aromatic N) is 3. The van der Waals surface area contributed by atoms with Gasteiger partial charge in [-0.25, -0.2) is 0 Å². The molecule has 0 radical (unpaired) electrons. The van der Waals surface area contributed by atoms with Gasteiger partial charge < -0.3 is 9.47 Å². The Morgan fingerprint density at radius 2 is 1.81 bits per heavy atom. The van der Waals surface area contributed by atoms with Crippen molar-refractivity contribution in [3.05, 3.63) is 94.1 Å². The van der Waals surface area contributed by atoms with E-state index in [1.165, 1.54) is 5.56 Å². The minimum atomic E-state index is -0.245. The van der Waals surface area contributed by atoms with Crippen LogP contribution in [0.15, 0.2) is 66.7 Å². The molecule has 6 nitrogen and oxygen atoms in total. The monoisotopic (exact) mass is 499 g/mol. The number of carbonyl (C=O) groups is 1. The lowest BCUT2D eigenvalue weighted by Crippen LogP contribution is -2.44. The normalized spacial score (nSPS) is 16.9. The van der Waals surface area contributed by atoms with E-state index >= 15 is 0 Å². The number of aromatic nitrogens is 1. The van der Waals surface area contributed by atoms with E-state index < -0.39 is 0 Å². The lowest BCUT2D eigenvalue weighted by atomic mass is 9.96. The lowest BCUT2D eigenvalue weighted by Gasteiger charge is -2.39. The number of benzene rings is 3. The molecule has 0 N–H and O–H groups in total. The first kappa shape index (κ1) is 22.8. The fraction of sp³-hybridized carbons (Fsp3) is 0.241. The Morgan fingerprint density at radius 3 is 2.58 bits per heavy atom. The maximum atomic E-state index is 14.2. The highest BCUT2D eigenvalue weighted by molar-refractivity contribution is 6.31. The molecule has 1 amide bonds. The number of fused-ring (bicyclic) bond motifs is 2. The van der Waals surface area contributed by atoms with Crippen molar-refractivity contribution in [1.82, 2.24) is 9.88 Å². The van der Waals surface area contributed by atoms with Crippen molar-refractivity contribution in [1.29, 1.82) is 0 Å². The van der Waals surface area contributed by atoms with E-state index in [0.29, 0.717) is 16.5 Å². The summed E-state index contributed by atoms with van der Waals surface area (Å²) in [5.41, 5.74) is 5.49. The number of halogens is 1. The van der Waals surface area contributed by atoms with Gasteiger partial charge in [-0.3, -0.25) is 19.6 Å². The Hall–Kier alpha value is -3.61. The van der Waals surface area contributed by atoms with Crippen molar-refractivity contribution in [2.24, 2.45) is 0 Å². The van der Waals surface area contributed by atoms with Crippen LogP contribution in [0.25, 0.3) is 10.9 Å². The standard InChI is InChI=1S/C29H26ClN3O3/c1-35-24-11-9-20(17-25(24)36-2)33-28-27-22(13-15-32(28)14-12-18-6-4-3-5-7-18)31-23-16-19(30)8-10-21(23)26(27)29(33)34/h3-11,16-17,28H,12-15H2,1-2H3. The summed E-state index contributed by atoms with van der Waals surface area (Å²) in [7, 11) is 3.21. The molecule has 0 saturated carbocycles. The minimum absolute atomic E-state index is 0.0372. The number of carbonyl (C=O) groups excluding carboxylic acids is 1. The molecule has 0 bridgehead atoms. The molecular formula is C29H26ClN3O3. The Labute approximate surface area is 215 Å². The van der Waals surface area contributed by atoms with Crippen LogP contribution in [0.4, 0.5) is 5.69 Å². The molecule has 1 aromatic heterocycles. The van der Waals surface area contributed by atoms with Gasteiger partial charge in [0.1, 0.15) is 6.17 Å². The zero-order valence-corrected chi connectivity index (χ0v) is 21.0. The number of methoxy groups -OCH3 is 2. The number of pyridine rings is 1. The molecule has 0 spiro atoms. The van der Waals surface area contributed by atoms with Gasteiger partial charge in [0, 0.05) is 52.9 Å². The summed E-state index contributed by atoms with van der Waals surface area (Å²) in [6.07, 6.45) is 1.43. The third-order valence-electron chi connectivity index (χ3n) is 7.16. The molecule has 7 heteroatoms. The quantitative estimate of drug-likeness (QED) is 0.342. The molecule has 3 heterocycles. The summed E-state index contributed by atoms with van der Waals surface area (Å²) >= 11 is 6.28. The molecule has 2 aliphatic rings. The maximum absolute atomic E-state index is 14.2. The molecule has 4 aromatic rings. The summed E-state index contributed by atoms with van der Waals surface area (Å²) in [4.78, 5) is 23.4. The average molecular weight is 500 g/mol. The van der Waals surface area contributed by atoms with Crippen LogP contribution >= 0.6 is 11.6 Å². The predicted molar refractivity (Wildman–Crippen MR) is 141 cm³/mol. The summed E-state index contributed by atoms with van der Waals surface area (Å²) in [5.74, 6) is 1.17. The second kappa shape index (κ2) is 9.12. The van der Waals surface area contributed by atoms with Crippen molar-refractivity contribution in [3.63, 3.8) is 0 Å². The molecule has 0 aliphatic carbocycles. The minimum Gasteiger partial charge on any atom is -0.493 e. The Kier molecular flexibility index (Phi) is 5.78. The van der Waals surface area contributed by atoms with Gasteiger partial charge in [0.25, 0.3) is 5.91 Å². The van der Waals surface area contributed by atoms with Gasteiger partial charge in [-0.15, -0.1) is 0 Å². The molecule has 1 unspecified atom stereocenters. The lowest BCUT2D eigenvalue weighted by molar-refractivity contribution is 0.0955. The van der Waals surface area contributed by atoms with Gasteiger partial charge in [0.05, 0.1) is 25.3 Å². The van der Waals surface area contributed by atoms with E-state index in [1.54, 1.807) is 14.2 Å². The molecule has 36 heavy (non-hydrogen) atoms. The van der Waals surface area contributed by atoms with Crippen LogP contribution in [0.3, 0.4) is 0 Å². The Bertz CT molecular complexity index is 1470. The van der Waals surface area contributed by atoms with Crippen molar-refractivity contribution >= 4 is 34.1 Å². The number of hydrogen-bond donors (Lipinski definition) is 0. The second-order valence-electron chi connectivity index (χ2n) is 9.12. The van der Waals surface area contributed by atoms with Crippen molar-refractivity contribution in [3.8, 4) is 11.5 Å². The van der Waals surface area contributed by atoms with E-state index in [0.717, 1.165) is 59.3 Å². The number of hydrogen-bond acceptors (Lipinski definition) is 5. The van der Waals surface area contributed by atoms with Crippen LogP contribution in [-0.4, -0.2) is 43.1 Å². The van der Waals surface area contributed by atoms with Gasteiger partial charge >= 0.3 is 0 Å². The van der Waals surface area contributed by atoms with Gasteiger partial charge in [0.15, 0.2) is 11.5 Å². The van der Waals surface area contributed by atoms with Crippen LogP contribution in [0, 0.1) is 0 Å². The van der Waals surface area contributed by atoms with Crippen molar-refractivity contribution < 1.29 is 14.3 Å². The van der Waals surface area contributed by atoms with E-state index in [1.807, 2.05) is 47.4 Å². The SMILES string of the molecule is COc1ccc(N2C(=O)c3c4c(nc5cc(Cl)ccc35)CCN(CCc3ccccc3)C42)cc1OC. The third kappa shape index (κ3) is 3.69. The number of anilines is 1. The van der Waals surface area contributed by atoms with E-state index in [9.17, 15) is 4.79 Å². The van der Waals surface area contributed by atoms with E-state index in [2.05, 4.69) is 29.2 Å². The van der Waals surface area contributed by atoms with Crippen LogP contribution in [0.1, 0.15) is 33.3 Å². The average Bonchev–Trinajstić information content (AvgIpc) is 3.22. The number of ether oxygens (including phenoxy) is 2. The third-order valence-corrected chi connectivity index (χ3v) is 7.39. The number of amides is 1. The fourth-order valence-electron chi connectivity index (χ4n) is 5.47. The first-order valence-electron chi connectivity index (χ1n) is 12.0. The molecule has 1 atom stereocenters. The van der Waals surface area contributed by atoms with E-state index in [4.69, 9.17) is 26.1 Å². The van der Waals surface area contributed by atoms with Crippen LogP contribution < -0.4 is 14.4 Å². The summed E-state index contributed by atoms with van der Waals surface area (Å²) in [6, 6.07) is 21.7. The zero-order chi connectivity index (χ0) is 24.8. The topological polar surface area (TPSA) is 54.9 Å². The first-order valence-corrected chi connectivity index (χ1v) is 12.4. The van der Waals surface area contributed by atoms with Gasteiger partial charge in [0.2, 0.25) is 0 Å².